The van der Waals surface area contributed by atoms with Gasteiger partial charge < -0.3 is 9.47 Å². The van der Waals surface area contributed by atoms with Gasteiger partial charge in [-0.2, -0.15) is 0 Å². The fraction of sp³-hybridized carbons (Fsp3) is 0.294. The van der Waals surface area contributed by atoms with Crippen molar-refractivity contribution in [2.45, 2.75) is 19.2 Å². The molecule has 0 amide bonds. The first-order valence-electron chi connectivity index (χ1n) is 6.61. The highest BCUT2D eigenvalue weighted by molar-refractivity contribution is 6.31. The number of hydrogen-bond donors (Lipinski definition) is 0. The molecule has 0 saturated heterocycles. The van der Waals surface area contributed by atoms with Crippen molar-refractivity contribution >= 4 is 23.2 Å². The SMILES string of the molecule is COc1cc(C)c(C(Cl)c2cccc(Cl)c2C)cc1OC. The topological polar surface area (TPSA) is 18.5 Å². The molecular weight excluding hydrogens is 307 g/mol. The van der Waals surface area contributed by atoms with Crippen molar-refractivity contribution in [3.63, 3.8) is 0 Å². The quantitative estimate of drug-likeness (QED) is 0.710. The molecule has 2 rings (SSSR count). The van der Waals surface area contributed by atoms with Gasteiger partial charge in [0.25, 0.3) is 0 Å². The second-order valence-corrected chi connectivity index (χ2v) is 5.72. The average Bonchev–Trinajstić information content (AvgIpc) is 2.49. The molecule has 1 atom stereocenters. The highest BCUT2D eigenvalue weighted by Gasteiger charge is 2.19. The van der Waals surface area contributed by atoms with E-state index in [1.807, 2.05) is 44.2 Å². The van der Waals surface area contributed by atoms with E-state index in [-0.39, 0.29) is 5.38 Å². The smallest absolute Gasteiger partial charge is 0.161 e. The highest BCUT2D eigenvalue weighted by atomic mass is 35.5. The van der Waals surface area contributed by atoms with Crippen LogP contribution in [0, 0.1) is 13.8 Å². The fourth-order valence-electron chi connectivity index (χ4n) is 2.34. The number of aryl methyl sites for hydroxylation is 1. The Bertz CT molecular complexity index is 653. The maximum atomic E-state index is 6.68. The Morgan fingerprint density at radius 2 is 1.57 bits per heavy atom. The molecule has 112 valence electrons. The summed E-state index contributed by atoms with van der Waals surface area (Å²) in [5.74, 6) is 1.37. The molecular formula is C17H18Cl2O2. The molecule has 0 aliphatic rings. The molecule has 0 radical (unpaired) electrons. The van der Waals surface area contributed by atoms with Crippen molar-refractivity contribution in [2.75, 3.05) is 14.2 Å². The van der Waals surface area contributed by atoms with Gasteiger partial charge in [-0.3, -0.25) is 0 Å². The van der Waals surface area contributed by atoms with Gasteiger partial charge in [0.05, 0.1) is 19.6 Å². The summed E-state index contributed by atoms with van der Waals surface area (Å²) in [5, 5.41) is 0.430. The zero-order valence-electron chi connectivity index (χ0n) is 12.5. The molecule has 0 heterocycles. The summed E-state index contributed by atoms with van der Waals surface area (Å²) in [7, 11) is 3.24. The molecule has 0 aliphatic carbocycles. The Kier molecular flexibility index (Phi) is 5.02. The van der Waals surface area contributed by atoms with Crippen LogP contribution in [0.4, 0.5) is 0 Å². The van der Waals surface area contributed by atoms with Crippen LogP contribution in [0.15, 0.2) is 30.3 Å². The van der Waals surface area contributed by atoms with Crippen LogP contribution < -0.4 is 9.47 Å². The first-order valence-corrected chi connectivity index (χ1v) is 7.42. The van der Waals surface area contributed by atoms with Crippen molar-refractivity contribution in [3.8, 4) is 11.5 Å². The third-order valence-electron chi connectivity index (χ3n) is 3.63. The van der Waals surface area contributed by atoms with E-state index in [9.17, 15) is 0 Å². The van der Waals surface area contributed by atoms with Gasteiger partial charge in [-0.05, 0) is 54.3 Å². The fourth-order valence-corrected chi connectivity index (χ4v) is 2.99. The van der Waals surface area contributed by atoms with Gasteiger partial charge >= 0.3 is 0 Å². The zero-order valence-corrected chi connectivity index (χ0v) is 14.0. The van der Waals surface area contributed by atoms with Crippen molar-refractivity contribution in [3.05, 3.63) is 57.6 Å². The van der Waals surface area contributed by atoms with E-state index in [2.05, 4.69) is 0 Å². The summed E-state index contributed by atoms with van der Waals surface area (Å²) < 4.78 is 10.7. The Morgan fingerprint density at radius 3 is 2.19 bits per heavy atom. The molecule has 0 spiro atoms. The Hall–Kier alpha value is -1.38. The molecule has 0 aliphatic heterocycles. The first-order chi connectivity index (χ1) is 9.99. The molecule has 0 fully saturated rings. The summed E-state index contributed by atoms with van der Waals surface area (Å²) >= 11 is 12.9. The molecule has 2 aromatic carbocycles. The van der Waals surface area contributed by atoms with Crippen LogP contribution in [-0.2, 0) is 0 Å². The van der Waals surface area contributed by atoms with E-state index in [1.54, 1.807) is 14.2 Å². The minimum Gasteiger partial charge on any atom is -0.493 e. The van der Waals surface area contributed by atoms with Crippen LogP contribution >= 0.6 is 23.2 Å². The minimum atomic E-state index is -0.288. The number of rotatable bonds is 4. The number of hydrogen-bond acceptors (Lipinski definition) is 2. The molecule has 0 aromatic heterocycles. The molecule has 2 aromatic rings. The summed E-state index contributed by atoms with van der Waals surface area (Å²) in [6, 6.07) is 9.63. The van der Waals surface area contributed by atoms with E-state index >= 15 is 0 Å². The van der Waals surface area contributed by atoms with E-state index in [4.69, 9.17) is 32.7 Å². The second-order valence-electron chi connectivity index (χ2n) is 4.88. The van der Waals surface area contributed by atoms with Crippen molar-refractivity contribution in [1.29, 1.82) is 0 Å². The predicted octanol–water partition coefficient (Wildman–Crippen LogP) is 5.30. The van der Waals surface area contributed by atoms with Gasteiger partial charge in [-0.15, -0.1) is 11.6 Å². The van der Waals surface area contributed by atoms with Crippen LogP contribution in [-0.4, -0.2) is 14.2 Å². The lowest BCUT2D eigenvalue weighted by Gasteiger charge is -2.18. The van der Waals surface area contributed by atoms with Crippen LogP contribution in [0.5, 0.6) is 11.5 Å². The van der Waals surface area contributed by atoms with Crippen LogP contribution in [0.2, 0.25) is 5.02 Å². The van der Waals surface area contributed by atoms with Gasteiger partial charge in [0.15, 0.2) is 11.5 Å². The van der Waals surface area contributed by atoms with Crippen LogP contribution in [0.3, 0.4) is 0 Å². The van der Waals surface area contributed by atoms with Crippen molar-refractivity contribution in [2.24, 2.45) is 0 Å². The van der Waals surface area contributed by atoms with E-state index in [0.29, 0.717) is 11.5 Å². The molecule has 0 N–H and O–H groups in total. The lowest BCUT2D eigenvalue weighted by atomic mass is 9.96. The molecule has 1 unspecified atom stereocenters. The average molecular weight is 325 g/mol. The Morgan fingerprint density at radius 1 is 0.952 bits per heavy atom. The van der Waals surface area contributed by atoms with Crippen molar-refractivity contribution in [1.82, 2.24) is 0 Å². The Labute approximate surface area is 135 Å². The van der Waals surface area contributed by atoms with Crippen LogP contribution in [0.1, 0.15) is 27.6 Å². The first kappa shape index (κ1) is 16.0. The summed E-state index contributed by atoms with van der Waals surface area (Å²) in [5.41, 5.74) is 4.03. The number of benzene rings is 2. The summed E-state index contributed by atoms with van der Waals surface area (Å²) in [6.45, 7) is 3.98. The van der Waals surface area contributed by atoms with E-state index in [0.717, 1.165) is 27.3 Å². The second kappa shape index (κ2) is 6.59. The number of halogens is 2. The van der Waals surface area contributed by atoms with Gasteiger partial charge in [0.1, 0.15) is 0 Å². The molecule has 21 heavy (non-hydrogen) atoms. The highest BCUT2D eigenvalue weighted by Crippen LogP contribution is 2.39. The monoisotopic (exact) mass is 324 g/mol. The predicted molar refractivity (Wildman–Crippen MR) is 88.2 cm³/mol. The standard InChI is InChI=1S/C17H18Cl2O2/c1-10-8-15(20-3)16(21-4)9-13(10)17(19)12-6-5-7-14(18)11(12)2/h5-9,17H,1-4H3. The molecule has 0 bridgehead atoms. The number of methoxy groups -OCH3 is 2. The Balaban J connectivity index is 2.53. The third kappa shape index (κ3) is 3.12. The minimum absolute atomic E-state index is 0.288. The molecule has 0 saturated carbocycles. The third-order valence-corrected chi connectivity index (χ3v) is 4.51. The van der Waals surface area contributed by atoms with Gasteiger partial charge in [0.2, 0.25) is 0 Å². The maximum absolute atomic E-state index is 6.68. The zero-order chi connectivity index (χ0) is 15.6. The number of alkyl halides is 1. The summed E-state index contributed by atoms with van der Waals surface area (Å²) in [4.78, 5) is 0. The van der Waals surface area contributed by atoms with Gasteiger partial charge in [-0.1, -0.05) is 23.7 Å². The maximum Gasteiger partial charge on any atom is 0.161 e. The lowest BCUT2D eigenvalue weighted by Crippen LogP contribution is -2.01. The lowest BCUT2D eigenvalue weighted by molar-refractivity contribution is 0.354. The molecule has 4 heteroatoms. The number of ether oxygens (including phenoxy) is 2. The van der Waals surface area contributed by atoms with Gasteiger partial charge in [-0.25, -0.2) is 0 Å². The summed E-state index contributed by atoms with van der Waals surface area (Å²) in [6.07, 6.45) is 0. The van der Waals surface area contributed by atoms with Crippen LogP contribution in [0.25, 0.3) is 0 Å². The largest absolute Gasteiger partial charge is 0.493 e. The van der Waals surface area contributed by atoms with Gasteiger partial charge in [0, 0.05) is 5.02 Å². The molecule has 2 nitrogen and oxygen atoms in total. The van der Waals surface area contributed by atoms with E-state index < -0.39 is 0 Å². The van der Waals surface area contributed by atoms with Crippen molar-refractivity contribution < 1.29 is 9.47 Å². The van der Waals surface area contributed by atoms with E-state index in [1.165, 1.54) is 0 Å². The normalized spacial score (nSPS) is 12.1.